The van der Waals surface area contributed by atoms with Gasteiger partial charge in [-0.15, -0.1) is 0 Å². The quantitative estimate of drug-likeness (QED) is 0.676. The number of hydrogen-bond donors (Lipinski definition) is 0. The fraction of sp³-hybridized carbons (Fsp3) is 0.500. The van der Waals surface area contributed by atoms with Gasteiger partial charge in [0.2, 0.25) is 0 Å². The van der Waals surface area contributed by atoms with E-state index in [2.05, 4.69) is 14.6 Å². The molecule has 0 saturated heterocycles. The van der Waals surface area contributed by atoms with Gasteiger partial charge in [0.1, 0.15) is 0 Å². The van der Waals surface area contributed by atoms with E-state index in [1.807, 2.05) is 0 Å². The van der Waals surface area contributed by atoms with Crippen LogP contribution in [0.3, 0.4) is 0 Å². The van der Waals surface area contributed by atoms with Crippen LogP contribution in [0.15, 0.2) is 9.91 Å². The maximum atomic E-state index is 10.8. The molecule has 1 aliphatic heterocycles. The molecule has 0 atom stereocenters. The van der Waals surface area contributed by atoms with Crippen LogP contribution >= 0.6 is 0 Å². The molecule has 0 amide bonds. The van der Waals surface area contributed by atoms with Crippen LogP contribution < -0.4 is 0 Å². The van der Waals surface area contributed by atoms with Gasteiger partial charge in [0.15, 0.2) is 0 Å². The first-order chi connectivity index (χ1) is 4.34. The molecule has 2 nitrogen and oxygen atoms in total. The molecule has 0 aromatic rings. The second kappa shape index (κ2) is 3.30. The Kier molecular flexibility index (Phi) is 2.64. The zero-order valence-corrected chi connectivity index (χ0v) is 8.76. The molecule has 1 rings (SSSR count). The molecular weight excluding hydrogens is 219 g/mol. The van der Waals surface area contributed by atoms with Gasteiger partial charge in [0.25, 0.3) is 0 Å². The van der Waals surface area contributed by atoms with Crippen molar-refractivity contribution in [1.29, 1.82) is 0 Å². The Balaban J connectivity index is 2.43. The Bertz CT molecular complexity index is 142. The Morgan fingerprint density at radius 3 is 3.00 bits per heavy atom. The zero-order chi connectivity index (χ0) is 6.69. The molecule has 0 unspecified atom stereocenters. The van der Waals surface area contributed by atoms with Gasteiger partial charge in [-0.05, 0) is 0 Å². The van der Waals surface area contributed by atoms with Crippen molar-refractivity contribution in [3.05, 3.63) is 9.91 Å². The topological polar surface area (TPSA) is 26.3 Å². The Hall–Kier alpha value is 0.0801. The van der Waals surface area contributed by atoms with Gasteiger partial charge >= 0.3 is 62.3 Å². The van der Waals surface area contributed by atoms with Gasteiger partial charge in [-0.1, -0.05) is 0 Å². The Morgan fingerprint density at radius 2 is 2.56 bits per heavy atom. The number of rotatable bonds is 1. The number of ether oxygens (including phenoxy) is 1. The molecule has 1 heterocycles. The van der Waals surface area contributed by atoms with Crippen LogP contribution in [0.1, 0.15) is 6.42 Å². The van der Waals surface area contributed by atoms with Crippen LogP contribution in [0.2, 0.25) is 4.18 Å². The number of carbonyl (C=O) groups excluding carboxylic acids is 1. The maximum absolute atomic E-state index is 10.8. The summed E-state index contributed by atoms with van der Waals surface area (Å²) in [7, 11) is 1.48. The zero-order valence-electron chi connectivity index (χ0n) is 5.46. The third-order valence-electron chi connectivity index (χ3n) is 1.52. The Labute approximate surface area is 62.4 Å². The van der Waals surface area contributed by atoms with Crippen molar-refractivity contribution in [2.45, 2.75) is 10.6 Å². The summed E-state index contributed by atoms with van der Waals surface area (Å²) in [4.78, 5) is 10.8. The molecule has 0 aromatic carbocycles. The molecule has 0 spiro atoms. The van der Waals surface area contributed by atoms with E-state index in [-0.39, 0.29) is 3.73 Å². The molecule has 9 heavy (non-hydrogen) atoms. The molecule has 0 radical (unpaired) electrons. The van der Waals surface area contributed by atoms with Crippen molar-refractivity contribution in [3.8, 4) is 0 Å². The Morgan fingerprint density at radius 1 is 1.78 bits per heavy atom. The second-order valence-corrected chi connectivity index (χ2v) is 9.69. The first kappa shape index (κ1) is 7.19. The molecule has 48 valence electrons. The van der Waals surface area contributed by atoms with Crippen LogP contribution in [-0.4, -0.2) is 32.3 Å². The molecule has 0 bridgehead atoms. The molecule has 3 heteroatoms. The fourth-order valence-electron chi connectivity index (χ4n) is 0.980. The van der Waals surface area contributed by atoms with E-state index in [9.17, 15) is 4.79 Å². The van der Waals surface area contributed by atoms with Crippen LogP contribution in [-0.2, 0) is 4.74 Å². The molecular formula is C6H9InO2. The number of hydrogen-bond acceptors (Lipinski definition) is 2. The molecule has 0 N–H and O–H groups in total. The van der Waals surface area contributed by atoms with E-state index in [4.69, 9.17) is 0 Å². The average molecular weight is 228 g/mol. The van der Waals surface area contributed by atoms with Crippen LogP contribution in [0.25, 0.3) is 0 Å². The van der Waals surface area contributed by atoms with Crippen molar-refractivity contribution in [3.63, 3.8) is 0 Å². The second-order valence-electron chi connectivity index (χ2n) is 2.14. The van der Waals surface area contributed by atoms with E-state index < -0.39 is 21.4 Å². The normalized spacial score (nSPS) is 16.3. The van der Waals surface area contributed by atoms with E-state index >= 15 is 0 Å². The SMILES string of the molecule is CO[C](=O)[In]1[CH]=CC[CH2]1. The molecule has 1 aliphatic rings. The van der Waals surface area contributed by atoms with Crippen molar-refractivity contribution < 1.29 is 9.53 Å². The third-order valence-corrected chi connectivity index (χ3v) is 8.75. The van der Waals surface area contributed by atoms with Crippen molar-refractivity contribution >= 4 is 25.2 Å². The summed E-state index contributed by atoms with van der Waals surface area (Å²) in [6.07, 6.45) is 3.22. The standard InChI is InChI=1S/C4H6.C2H3O2.In/c1-3-4-2;1-4-2-3;/h1,3H,2,4H2;1H3;. The molecule has 0 aliphatic carbocycles. The van der Waals surface area contributed by atoms with Gasteiger partial charge < -0.3 is 0 Å². The summed E-state index contributed by atoms with van der Waals surface area (Å²) >= 11 is -1.86. The summed E-state index contributed by atoms with van der Waals surface area (Å²) in [6.45, 7) is 0. The van der Waals surface area contributed by atoms with Gasteiger partial charge in [0.05, 0.1) is 0 Å². The predicted octanol–water partition coefficient (Wildman–Crippen LogP) is 1.33. The number of carbonyl (C=O) groups is 1. The summed E-state index contributed by atoms with van der Waals surface area (Å²) in [5, 5.41) is 0. The molecule has 0 aromatic heterocycles. The van der Waals surface area contributed by atoms with Crippen molar-refractivity contribution in [2.24, 2.45) is 0 Å². The number of methoxy groups -OCH3 is 1. The third kappa shape index (κ3) is 1.75. The van der Waals surface area contributed by atoms with E-state index in [0.29, 0.717) is 0 Å². The number of allylic oxidation sites excluding steroid dienone is 1. The van der Waals surface area contributed by atoms with Crippen molar-refractivity contribution in [1.82, 2.24) is 0 Å². The van der Waals surface area contributed by atoms with E-state index in [1.54, 1.807) is 0 Å². The molecule has 0 fully saturated rings. The van der Waals surface area contributed by atoms with E-state index in [1.165, 1.54) is 7.11 Å². The van der Waals surface area contributed by atoms with E-state index in [0.717, 1.165) is 10.6 Å². The minimum absolute atomic E-state index is 0.102. The predicted molar refractivity (Wildman–Crippen MR) is 36.7 cm³/mol. The minimum atomic E-state index is -1.86. The monoisotopic (exact) mass is 228 g/mol. The van der Waals surface area contributed by atoms with Gasteiger partial charge in [-0.3, -0.25) is 0 Å². The first-order valence-corrected chi connectivity index (χ1v) is 8.97. The van der Waals surface area contributed by atoms with Crippen LogP contribution in [0.5, 0.6) is 0 Å². The van der Waals surface area contributed by atoms with Gasteiger partial charge in [0, 0.05) is 0 Å². The summed E-state index contributed by atoms with van der Waals surface area (Å²) in [5.41, 5.74) is 0. The summed E-state index contributed by atoms with van der Waals surface area (Å²) < 4.78 is 7.99. The summed E-state index contributed by atoms with van der Waals surface area (Å²) in [6, 6.07) is 0. The van der Waals surface area contributed by atoms with Gasteiger partial charge in [-0.25, -0.2) is 0 Å². The molecule has 0 saturated carbocycles. The van der Waals surface area contributed by atoms with Crippen LogP contribution in [0, 0.1) is 0 Å². The first-order valence-electron chi connectivity index (χ1n) is 3.09. The fourth-order valence-corrected chi connectivity index (χ4v) is 6.58. The van der Waals surface area contributed by atoms with Gasteiger partial charge in [-0.2, -0.15) is 0 Å². The van der Waals surface area contributed by atoms with Crippen LogP contribution in [0.4, 0.5) is 4.79 Å². The average Bonchev–Trinajstić information content (AvgIpc) is 2.37. The van der Waals surface area contributed by atoms with Crippen molar-refractivity contribution in [2.75, 3.05) is 7.11 Å². The summed E-state index contributed by atoms with van der Waals surface area (Å²) in [5.74, 6) is 0.